The second-order valence-corrected chi connectivity index (χ2v) is 1.68. The molecule has 1 aliphatic heterocycles. The molecule has 1 rings (SSSR count). The van der Waals surface area contributed by atoms with Gasteiger partial charge in [0.05, 0.1) is 0 Å². The van der Waals surface area contributed by atoms with Crippen molar-refractivity contribution in [2.24, 2.45) is 4.99 Å². The van der Waals surface area contributed by atoms with E-state index >= 15 is 0 Å². The average Bonchev–Trinajstić information content (AvgIpc) is 1.77. The van der Waals surface area contributed by atoms with Crippen LogP contribution in [0.5, 0.6) is 0 Å². The van der Waals surface area contributed by atoms with Crippen molar-refractivity contribution in [1.29, 1.82) is 0 Å². The molecule has 0 aliphatic carbocycles. The molecule has 3 nitrogen and oxygen atoms in total. The summed E-state index contributed by atoms with van der Waals surface area (Å²) in [5.41, 5.74) is 0.833. The van der Waals surface area contributed by atoms with Gasteiger partial charge in [-0.25, -0.2) is 5.06 Å². The Balaban J connectivity index is 2.66. The van der Waals surface area contributed by atoms with Crippen molar-refractivity contribution in [3.8, 4) is 0 Å². The summed E-state index contributed by atoms with van der Waals surface area (Å²) in [5, 5.41) is 9.93. The molecule has 0 atom stereocenters. The van der Waals surface area contributed by atoms with E-state index in [-0.39, 0.29) is 0 Å². The maximum atomic E-state index is 8.83. The summed E-state index contributed by atoms with van der Waals surface area (Å²) in [6.07, 6.45) is 3.44. The second-order valence-electron chi connectivity index (χ2n) is 1.68. The van der Waals surface area contributed by atoms with Crippen molar-refractivity contribution in [3.05, 3.63) is 11.8 Å². The maximum Gasteiger partial charge on any atom is 0.135 e. The molecule has 0 aromatic heterocycles. The normalized spacial score (nSPS) is 18.8. The first-order chi connectivity index (χ1) is 3.80. The standard InChI is InChI=1S/C5H8N2O/c1-5-2-3-6-4-7(5)8/h2-3,8H,4H2,1H3. The minimum absolute atomic E-state index is 0.363. The average molecular weight is 112 g/mol. The van der Waals surface area contributed by atoms with Crippen LogP contribution in [0.3, 0.4) is 0 Å². The predicted molar refractivity (Wildman–Crippen MR) is 30.7 cm³/mol. The van der Waals surface area contributed by atoms with Crippen molar-refractivity contribution in [1.82, 2.24) is 5.06 Å². The summed E-state index contributed by atoms with van der Waals surface area (Å²) in [4.78, 5) is 3.78. The third-order valence-electron chi connectivity index (χ3n) is 1.04. The van der Waals surface area contributed by atoms with Crippen molar-refractivity contribution < 1.29 is 5.21 Å². The molecule has 0 saturated carbocycles. The summed E-state index contributed by atoms with van der Waals surface area (Å²) in [5.74, 6) is 0. The van der Waals surface area contributed by atoms with Gasteiger partial charge in [0, 0.05) is 11.9 Å². The quantitative estimate of drug-likeness (QED) is 0.498. The van der Waals surface area contributed by atoms with E-state index in [0.29, 0.717) is 6.67 Å². The Morgan fingerprint density at radius 3 is 3.00 bits per heavy atom. The van der Waals surface area contributed by atoms with Crippen LogP contribution in [0.15, 0.2) is 16.8 Å². The van der Waals surface area contributed by atoms with Gasteiger partial charge >= 0.3 is 0 Å². The zero-order chi connectivity index (χ0) is 5.98. The molecular weight excluding hydrogens is 104 g/mol. The number of hydroxylamine groups is 2. The number of nitrogens with zero attached hydrogens (tertiary/aromatic N) is 2. The van der Waals surface area contributed by atoms with Crippen LogP contribution in [0.4, 0.5) is 0 Å². The number of aliphatic imine (C=N–C) groups is 1. The molecule has 3 heteroatoms. The Morgan fingerprint density at radius 2 is 2.62 bits per heavy atom. The monoisotopic (exact) mass is 112 g/mol. The summed E-state index contributed by atoms with van der Waals surface area (Å²) < 4.78 is 0. The number of allylic oxidation sites excluding steroid dienone is 2. The largest absolute Gasteiger partial charge is 0.287 e. The summed E-state index contributed by atoms with van der Waals surface area (Å²) in [7, 11) is 0. The van der Waals surface area contributed by atoms with Gasteiger partial charge in [-0.2, -0.15) is 0 Å². The fourth-order valence-electron chi connectivity index (χ4n) is 0.483. The summed E-state index contributed by atoms with van der Waals surface area (Å²) >= 11 is 0. The Kier molecular flexibility index (Phi) is 1.30. The van der Waals surface area contributed by atoms with E-state index in [1.54, 1.807) is 12.3 Å². The Hall–Kier alpha value is -0.830. The number of rotatable bonds is 0. The van der Waals surface area contributed by atoms with Gasteiger partial charge in [0.1, 0.15) is 6.67 Å². The van der Waals surface area contributed by atoms with Crippen molar-refractivity contribution in [2.45, 2.75) is 6.92 Å². The minimum Gasteiger partial charge on any atom is -0.287 e. The third-order valence-corrected chi connectivity index (χ3v) is 1.04. The summed E-state index contributed by atoms with van der Waals surface area (Å²) in [6, 6.07) is 0. The smallest absolute Gasteiger partial charge is 0.135 e. The zero-order valence-corrected chi connectivity index (χ0v) is 4.70. The zero-order valence-electron chi connectivity index (χ0n) is 4.70. The Labute approximate surface area is 47.9 Å². The van der Waals surface area contributed by atoms with Crippen LogP contribution in [0, 0.1) is 0 Å². The molecule has 0 bridgehead atoms. The molecule has 1 aliphatic rings. The lowest BCUT2D eigenvalue weighted by atomic mass is 10.4. The first-order valence-corrected chi connectivity index (χ1v) is 2.44. The van der Waals surface area contributed by atoms with Gasteiger partial charge in [-0.3, -0.25) is 10.2 Å². The molecular formula is C5H8N2O. The molecule has 0 saturated heterocycles. The lowest BCUT2D eigenvalue weighted by Gasteiger charge is -2.16. The fraction of sp³-hybridized carbons (Fsp3) is 0.400. The first kappa shape index (κ1) is 5.31. The van der Waals surface area contributed by atoms with E-state index in [1.165, 1.54) is 0 Å². The van der Waals surface area contributed by atoms with Crippen LogP contribution < -0.4 is 0 Å². The topological polar surface area (TPSA) is 35.8 Å². The molecule has 0 spiro atoms. The van der Waals surface area contributed by atoms with E-state index in [4.69, 9.17) is 5.21 Å². The predicted octanol–water partition coefficient (Wildman–Crippen LogP) is 0.623. The summed E-state index contributed by atoms with van der Waals surface area (Å²) in [6.45, 7) is 2.19. The SMILES string of the molecule is CC1=CC=NCN1O. The number of hydrogen-bond acceptors (Lipinski definition) is 3. The van der Waals surface area contributed by atoms with Crippen LogP contribution in [-0.4, -0.2) is 23.2 Å². The van der Waals surface area contributed by atoms with E-state index in [9.17, 15) is 0 Å². The molecule has 1 N–H and O–H groups in total. The molecule has 8 heavy (non-hydrogen) atoms. The minimum atomic E-state index is 0.363. The highest BCUT2D eigenvalue weighted by molar-refractivity contribution is 5.72. The molecule has 1 heterocycles. The van der Waals surface area contributed by atoms with Gasteiger partial charge in [0.15, 0.2) is 0 Å². The van der Waals surface area contributed by atoms with E-state index < -0.39 is 0 Å². The fourth-order valence-corrected chi connectivity index (χ4v) is 0.483. The van der Waals surface area contributed by atoms with Crippen LogP contribution in [0.1, 0.15) is 6.92 Å². The Morgan fingerprint density at radius 1 is 1.88 bits per heavy atom. The van der Waals surface area contributed by atoms with Gasteiger partial charge in [-0.1, -0.05) is 0 Å². The Bertz CT molecular complexity index is 139. The van der Waals surface area contributed by atoms with Gasteiger partial charge in [-0.15, -0.1) is 0 Å². The number of hydrogen-bond donors (Lipinski definition) is 1. The van der Waals surface area contributed by atoms with E-state index in [0.717, 1.165) is 10.8 Å². The third kappa shape index (κ3) is 0.869. The van der Waals surface area contributed by atoms with Crippen LogP contribution in [-0.2, 0) is 0 Å². The molecule has 0 fully saturated rings. The van der Waals surface area contributed by atoms with Crippen LogP contribution in [0.25, 0.3) is 0 Å². The maximum absolute atomic E-state index is 8.83. The van der Waals surface area contributed by atoms with E-state index in [1.807, 2.05) is 6.92 Å². The van der Waals surface area contributed by atoms with Crippen LogP contribution in [0.2, 0.25) is 0 Å². The van der Waals surface area contributed by atoms with Gasteiger partial charge in [0.25, 0.3) is 0 Å². The molecule has 0 aromatic carbocycles. The highest BCUT2D eigenvalue weighted by Crippen LogP contribution is 2.00. The van der Waals surface area contributed by atoms with Crippen molar-refractivity contribution >= 4 is 6.21 Å². The van der Waals surface area contributed by atoms with Gasteiger partial charge in [-0.05, 0) is 13.0 Å². The van der Waals surface area contributed by atoms with E-state index in [2.05, 4.69) is 4.99 Å². The van der Waals surface area contributed by atoms with Crippen molar-refractivity contribution in [3.63, 3.8) is 0 Å². The molecule has 44 valence electrons. The van der Waals surface area contributed by atoms with Crippen LogP contribution >= 0.6 is 0 Å². The molecule has 0 aromatic rings. The lowest BCUT2D eigenvalue weighted by Crippen LogP contribution is -2.19. The highest BCUT2D eigenvalue weighted by atomic mass is 16.5. The lowest BCUT2D eigenvalue weighted by molar-refractivity contribution is -0.0530. The molecule has 0 amide bonds. The highest BCUT2D eigenvalue weighted by Gasteiger charge is 1.99. The second kappa shape index (κ2) is 1.96. The first-order valence-electron chi connectivity index (χ1n) is 2.44. The van der Waals surface area contributed by atoms with Crippen molar-refractivity contribution in [2.75, 3.05) is 6.67 Å². The molecule has 0 unspecified atom stereocenters. The van der Waals surface area contributed by atoms with Gasteiger partial charge < -0.3 is 0 Å². The van der Waals surface area contributed by atoms with Gasteiger partial charge in [0.2, 0.25) is 0 Å². The molecule has 0 radical (unpaired) electrons.